The van der Waals surface area contributed by atoms with Gasteiger partial charge in [-0.3, -0.25) is 9.69 Å². The Labute approximate surface area is 159 Å². The van der Waals surface area contributed by atoms with Gasteiger partial charge in [0.15, 0.2) is 11.5 Å². The van der Waals surface area contributed by atoms with Crippen LogP contribution in [0.2, 0.25) is 0 Å². The van der Waals surface area contributed by atoms with Crippen molar-refractivity contribution in [1.29, 1.82) is 0 Å². The van der Waals surface area contributed by atoms with Gasteiger partial charge in [-0.05, 0) is 37.6 Å². The van der Waals surface area contributed by atoms with E-state index < -0.39 is 0 Å². The van der Waals surface area contributed by atoms with E-state index in [4.69, 9.17) is 28.1 Å². The number of halogens is 1. The maximum atomic E-state index is 12.3. The molecule has 1 amide bonds. The number of thiocarbonyl (C=S) groups is 1. The van der Waals surface area contributed by atoms with Crippen molar-refractivity contribution in [2.75, 3.05) is 19.8 Å². The van der Waals surface area contributed by atoms with E-state index in [1.54, 1.807) is 17.0 Å². The highest BCUT2D eigenvalue weighted by molar-refractivity contribution is 9.10. The molecule has 0 radical (unpaired) electrons. The van der Waals surface area contributed by atoms with Gasteiger partial charge < -0.3 is 9.47 Å². The molecule has 0 spiro atoms. The number of hydrogen-bond donors (Lipinski definition) is 0. The standard InChI is InChI=1S/C17H16BrNO3S2/c1-4-7-22-14-10-12(18)11(8-13(14)21-6-3)9-15-16(20)19(5-2)17(23)24-15/h1,8-10H,5-7H2,2-3H3. The van der Waals surface area contributed by atoms with Gasteiger partial charge in [-0.15, -0.1) is 6.42 Å². The summed E-state index contributed by atoms with van der Waals surface area (Å²) in [6.07, 6.45) is 7.04. The summed E-state index contributed by atoms with van der Waals surface area (Å²) in [6, 6.07) is 3.60. The largest absolute Gasteiger partial charge is 0.490 e. The molecule has 0 atom stereocenters. The first-order valence-corrected chi connectivity index (χ1v) is 9.31. The Morgan fingerprint density at radius 1 is 1.38 bits per heavy atom. The fourth-order valence-electron chi connectivity index (χ4n) is 2.08. The fourth-order valence-corrected chi connectivity index (χ4v) is 3.89. The summed E-state index contributed by atoms with van der Waals surface area (Å²) in [5.74, 6) is 3.48. The lowest BCUT2D eigenvalue weighted by Crippen LogP contribution is -2.27. The molecule has 1 saturated heterocycles. The Kier molecular flexibility index (Phi) is 6.72. The molecule has 0 N–H and O–H groups in total. The highest BCUT2D eigenvalue weighted by Gasteiger charge is 2.30. The average Bonchev–Trinajstić information content (AvgIpc) is 2.82. The smallest absolute Gasteiger partial charge is 0.266 e. The molecule has 0 bridgehead atoms. The minimum absolute atomic E-state index is 0.0787. The van der Waals surface area contributed by atoms with Gasteiger partial charge in [0.05, 0.1) is 11.5 Å². The van der Waals surface area contributed by atoms with E-state index in [2.05, 4.69) is 21.9 Å². The third kappa shape index (κ3) is 4.12. The molecule has 1 heterocycles. The lowest BCUT2D eigenvalue weighted by Gasteiger charge is -2.13. The van der Waals surface area contributed by atoms with Gasteiger partial charge in [-0.1, -0.05) is 45.8 Å². The van der Waals surface area contributed by atoms with Crippen LogP contribution in [0.4, 0.5) is 0 Å². The normalized spacial score (nSPS) is 15.8. The first-order chi connectivity index (χ1) is 11.5. The van der Waals surface area contributed by atoms with Gasteiger partial charge in [0.25, 0.3) is 5.91 Å². The van der Waals surface area contributed by atoms with Crippen LogP contribution in [0.15, 0.2) is 21.5 Å². The number of thioether (sulfide) groups is 1. The molecule has 2 rings (SSSR count). The predicted molar refractivity (Wildman–Crippen MR) is 105 cm³/mol. The highest BCUT2D eigenvalue weighted by atomic mass is 79.9. The molecule has 0 aromatic heterocycles. The van der Waals surface area contributed by atoms with E-state index >= 15 is 0 Å². The third-order valence-corrected chi connectivity index (χ3v) is 5.21. The number of terminal acetylenes is 1. The van der Waals surface area contributed by atoms with Crippen LogP contribution in [-0.2, 0) is 4.79 Å². The molecule has 4 nitrogen and oxygen atoms in total. The molecule has 7 heteroatoms. The molecule has 24 heavy (non-hydrogen) atoms. The van der Waals surface area contributed by atoms with Gasteiger partial charge in [-0.2, -0.15) is 0 Å². The monoisotopic (exact) mass is 425 g/mol. The Morgan fingerprint density at radius 2 is 2.08 bits per heavy atom. The zero-order valence-electron chi connectivity index (χ0n) is 13.3. The lowest BCUT2D eigenvalue weighted by atomic mass is 10.2. The van der Waals surface area contributed by atoms with Crippen LogP contribution >= 0.6 is 39.9 Å². The SMILES string of the molecule is C#CCOc1cc(Br)c(C=C2SC(=S)N(CC)C2=O)cc1OCC. The molecule has 1 aromatic rings. The Bertz CT molecular complexity index is 740. The van der Waals surface area contributed by atoms with Gasteiger partial charge in [-0.25, -0.2) is 0 Å². The number of carbonyl (C=O) groups excluding carboxylic acids is 1. The van der Waals surface area contributed by atoms with Crippen LogP contribution < -0.4 is 9.47 Å². The van der Waals surface area contributed by atoms with E-state index in [1.807, 2.05) is 19.9 Å². The van der Waals surface area contributed by atoms with Gasteiger partial charge in [0.1, 0.15) is 10.9 Å². The Hall–Kier alpha value is -1.49. The van der Waals surface area contributed by atoms with E-state index in [0.717, 1.165) is 10.0 Å². The summed E-state index contributed by atoms with van der Waals surface area (Å²) in [5.41, 5.74) is 0.808. The second-order valence-corrected chi connectivity index (χ2v) is 7.20. The van der Waals surface area contributed by atoms with Crippen LogP contribution in [0.5, 0.6) is 11.5 Å². The first kappa shape index (κ1) is 18.8. The molecular weight excluding hydrogens is 410 g/mol. The molecular formula is C17H16BrNO3S2. The molecule has 1 aliphatic rings. The molecule has 1 aliphatic heterocycles. The van der Waals surface area contributed by atoms with Crippen molar-refractivity contribution in [2.45, 2.75) is 13.8 Å². The number of hydrogen-bond acceptors (Lipinski definition) is 5. The van der Waals surface area contributed by atoms with Crippen LogP contribution in [0, 0.1) is 12.3 Å². The van der Waals surface area contributed by atoms with Crippen molar-refractivity contribution in [1.82, 2.24) is 4.90 Å². The zero-order valence-corrected chi connectivity index (χ0v) is 16.5. The quantitative estimate of drug-likeness (QED) is 0.390. The van der Waals surface area contributed by atoms with Gasteiger partial charge in [0.2, 0.25) is 0 Å². The van der Waals surface area contributed by atoms with Crippen molar-refractivity contribution in [3.05, 3.63) is 27.1 Å². The lowest BCUT2D eigenvalue weighted by molar-refractivity contribution is -0.121. The van der Waals surface area contributed by atoms with E-state index in [-0.39, 0.29) is 12.5 Å². The van der Waals surface area contributed by atoms with Crippen LogP contribution in [0.3, 0.4) is 0 Å². The number of likely N-dealkylation sites (N-methyl/N-ethyl adjacent to an activating group) is 1. The summed E-state index contributed by atoms with van der Waals surface area (Å²) in [6.45, 7) is 4.99. The molecule has 0 aliphatic carbocycles. The van der Waals surface area contributed by atoms with Crippen molar-refractivity contribution in [3.8, 4) is 23.8 Å². The zero-order chi connectivity index (χ0) is 17.7. The highest BCUT2D eigenvalue weighted by Crippen LogP contribution is 2.38. The number of carbonyl (C=O) groups is 1. The minimum atomic E-state index is -0.0787. The van der Waals surface area contributed by atoms with Gasteiger partial charge in [0, 0.05) is 11.0 Å². The van der Waals surface area contributed by atoms with Crippen LogP contribution in [0.1, 0.15) is 19.4 Å². The molecule has 126 valence electrons. The van der Waals surface area contributed by atoms with Gasteiger partial charge >= 0.3 is 0 Å². The number of benzene rings is 1. The maximum absolute atomic E-state index is 12.3. The average molecular weight is 426 g/mol. The van der Waals surface area contributed by atoms with E-state index in [1.165, 1.54) is 11.8 Å². The number of nitrogens with zero attached hydrogens (tertiary/aromatic N) is 1. The molecule has 1 fully saturated rings. The Morgan fingerprint density at radius 3 is 2.67 bits per heavy atom. The number of amides is 1. The summed E-state index contributed by atoms with van der Waals surface area (Å²) in [7, 11) is 0. The number of ether oxygens (including phenoxy) is 2. The van der Waals surface area contributed by atoms with Crippen molar-refractivity contribution < 1.29 is 14.3 Å². The van der Waals surface area contributed by atoms with E-state index in [9.17, 15) is 4.79 Å². The van der Waals surface area contributed by atoms with Crippen LogP contribution in [-0.4, -0.2) is 34.9 Å². The molecule has 0 saturated carbocycles. The number of rotatable bonds is 6. The molecule has 1 aromatic carbocycles. The van der Waals surface area contributed by atoms with Crippen LogP contribution in [0.25, 0.3) is 6.08 Å². The fraction of sp³-hybridized carbons (Fsp3) is 0.294. The topological polar surface area (TPSA) is 38.8 Å². The summed E-state index contributed by atoms with van der Waals surface area (Å²) < 4.78 is 12.5. The van der Waals surface area contributed by atoms with Crippen molar-refractivity contribution >= 4 is 56.2 Å². The maximum Gasteiger partial charge on any atom is 0.266 e. The third-order valence-electron chi connectivity index (χ3n) is 3.15. The second kappa shape index (κ2) is 8.56. The summed E-state index contributed by atoms with van der Waals surface area (Å²) >= 11 is 10.0. The summed E-state index contributed by atoms with van der Waals surface area (Å²) in [5, 5.41) is 0. The van der Waals surface area contributed by atoms with Crippen molar-refractivity contribution in [3.63, 3.8) is 0 Å². The summed E-state index contributed by atoms with van der Waals surface area (Å²) in [4.78, 5) is 14.5. The van der Waals surface area contributed by atoms with Crippen molar-refractivity contribution in [2.24, 2.45) is 0 Å². The predicted octanol–water partition coefficient (Wildman–Crippen LogP) is 4.08. The van der Waals surface area contributed by atoms with E-state index in [0.29, 0.717) is 33.9 Å². The Balaban J connectivity index is 2.39. The minimum Gasteiger partial charge on any atom is -0.490 e. The first-order valence-electron chi connectivity index (χ1n) is 7.29. The molecule has 0 unspecified atom stereocenters. The second-order valence-electron chi connectivity index (χ2n) is 4.67.